The monoisotopic (exact) mass is 359 g/mol. The molecule has 6 nitrogen and oxygen atoms in total. The summed E-state index contributed by atoms with van der Waals surface area (Å²) in [5.41, 5.74) is 9.05. The maximum absolute atomic E-state index is 6.41. The topological polar surface area (TPSA) is 82.8 Å². The van der Waals surface area contributed by atoms with Gasteiger partial charge in [0.1, 0.15) is 0 Å². The average Bonchev–Trinajstić information content (AvgIpc) is 3.31. The Labute approximate surface area is 152 Å². The Morgan fingerprint density at radius 3 is 2.64 bits per heavy atom. The highest BCUT2D eigenvalue weighted by molar-refractivity contribution is 5.85. The summed E-state index contributed by atoms with van der Waals surface area (Å²) in [5, 5.41) is 8.60. The minimum atomic E-state index is -0.435. The van der Waals surface area contributed by atoms with E-state index in [9.17, 15) is 0 Å². The largest absolute Gasteiger partial charge is 0.334 e. The van der Waals surface area contributed by atoms with Gasteiger partial charge in [0.2, 0.25) is 0 Å². The summed E-state index contributed by atoms with van der Waals surface area (Å²) in [4.78, 5) is 4.56. The van der Waals surface area contributed by atoms with E-state index in [0.29, 0.717) is 18.3 Å². The summed E-state index contributed by atoms with van der Waals surface area (Å²) >= 11 is 0. The molecule has 3 aromatic rings. The van der Waals surface area contributed by atoms with Crippen molar-refractivity contribution in [2.75, 3.05) is 0 Å². The predicted octanol–water partition coefficient (Wildman–Crippen LogP) is 3.44. The van der Waals surface area contributed by atoms with Gasteiger partial charge in [0.15, 0.2) is 5.82 Å². The molecule has 0 unspecified atom stereocenters. The first-order valence-electron chi connectivity index (χ1n) is 8.35. The van der Waals surface area contributed by atoms with Gasteiger partial charge >= 0.3 is 0 Å². The molecule has 1 aliphatic rings. The summed E-state index contributed by atoms with van der Waals surface area (Å²) in [7, 11) is 0. The van der Waals surface area contributed by atoms with Crippen LogP contribution in [0.25, 0.3) is 11.5 Å². The lowest BCUT2D eigenvalue weighted by molar-refractivity contribution is 0.372. The summed E-state index contributed by atoms with van der Waals surface area (Å²) in [6.45, 7) is 2.73. The third-order valence-corrected chi connectivity index (χ3v) is 4.88. The van der Waals surface area contributed by atoms with Gasteiger partial charge in [0.25, 0.3) is 5.89 Å². The van der Waals surface area contributed by atoms with Crippen molar-refractivity contribution in [3.05, 3.63) is 53.6 Å². The fraction of sp³-hybridized carbons (Fsp3) is 0.389. The zero-order chi connectivity index (χ0) is 16.6. The summed E-state index contributed by atoms with van der Waals surface area (Å²) in [6, 6.07) is 10.2. The molecule has 1 saturated carbocycles. The van der Waals surface area contributed by atoms with Crippen LogP contribution in [0.5, 0.6) is 0 Å². The molecule has 4 rings (SSSR count). The first-order valence-corrected chi connectivity index (χ1v) is 8.35. The van der Waals surface area contributed by atoms with Crippen molar-refractivity contribution in [2.24, 2.45) is 5.73 Å². The molecule has 0 amide bonds. The van der Waals surface area contributed by atoms with Crippen LogP contribution in [0, 0.1) is 6.92 Å². The van der Waals surface area contributed by atoms with Crippen LogP contribution in [-0.4, -0.2) is 19.9 Å². The van der Waals surface area contributed by atoms with Gasteiger partial charge in [-0.1, -0.05) is 48.3 Å². The van der Waals surface area contributed by atoms with Crippen molar-refractivity contribution in [1.29, 1.82) is 0 Å². The van der Waals surface area contributed by atoms with Crippen molar-refractivity contribution >= 4 is 12.4 Å². The molecule has 132 valence electrons. The third kappa shape index (κ3) is 3.32. The van der Waals surface area contributed by atoms with Crippen LogP contribution in [-0.2, 0) is 12.1 Å². The normalized spacial score (nSPS) is 15.9. The van der Waals surface area contributed by atoms with E-state index in [1.165, 1.54) is 5.56 Å². The highest BCUT2D eigenvalue weighted by atomic mass is 35.5. The van der Waals surface area contributed by atoms with Crippen molar-refractivity contribution in [3.63, 3.8) is 0 Å². The lowest BCUT2D eigenvalue weighted by atomic mass is 9.99. The molecule has 1 fully saturated rings. The van der Waals surface area contributed by atoms with E-state index in [1.54, 1.807) is 6.20 Å². The lowest BCUT2D eigenvalue weighted by Gasteiger charge is -2.17. The van der Waals surface area contributed by atoms with Crippen LogP contribution >= 0.6 is 12.4 Å². The second-order valence-electron chi connectivity index (χ2n) is 6.57. The van der Waals surface area contributed by atoms with E-state index in [4.69, 9.17) is 10.3 Å². The molecule has 0 atom stereocenters. The molecule has 1 aliphatic carbocycles. The van der Waals surface area contributed by atoms with Gasteiger partial charge in [-0.15, -0.1) is 12.4 Å². The van der Waals surface area contributed by atoms with Crippen LogP contribution < -0.4 is 5.73 Å². The summed E-state index contributed by atoms with van der Waals surface area (Å²) in [6.07, 6.45) is 5.85. The Bertz CT molecular complexity index is 836. The predicted molar refractivity (Wildman–Crippen MR) is 97.4 cm³/mol. The second-order valence-corrected chi connectivity index (χ2v) is 6.57. The molecule has 1 aromatic carbocycles. The van der Waals surface area contributed by atoms with Crippen LogP contribution in [0.2, 0.25) is 0 Å². The zero-order valence-corrected chi connectivity index (χ0v) is 15.0. The highest BCUT2D eigenvalue weighted by Crippen LogP contribution is 2.35. The Hall–Kier alpha value is -2.18. The molecule has 0 radical (unpaired) electrons. The van der Waals surface area contributed by atoms with Crippen molar-refractivity contribution < 1.29 is 4.52 Å². The fourth-order valence-corrected chi connectivity index (χ4v) is 3.34. The second kappa shape index (κ2) is 6.98. The molecule has 0 aliphatic heterocycles. The first kappa shape index (κ1) is 17.6. The molecule has 2 aromatic heterocycles. The van der Waals surface area contributed by atoms with E-state index < -0.39 is 5.54 Å². The van der Waals surface area contributed by atoms with Gasteiger partial charge in [0.05, 0.1) is 23.8 Å². The molecule has 0 saturated heterocycles. The number of nitrogens with two attached hydrogens (primary N) is 1. The maximum atomic E-state index is 6.41. The highest BCUT2D eigenvalue weighted by Gasteiger charge is 2.36. The van der Waals surface area contributed by atoms with Crippen LogP contribution in [0.15, 0.2) is 41.1 Å². The Morgan fingerprint density at radius 1 is 1.20 bits per heavy atom. The number of nitrogens with zero attached hydrogens (tertiary/aromatic N) is 4. The molecular weight excluding hydrogens is 338 g/mol. The van der Waals surface area contributed by atoms with Gasteiger partial charge in [-0.3, -0.25) is 4.68 Å². The Morgan fingerprint density at radius 2 is 1.92 bits per heavy atom. The Kier molecular flexibility index (Phi) is 4.92. The Balaban J connectivity index is 0.00000182. The third-order valence-electron chi connectivity index (χ3n) is 4.88. The molecule has 25 heavy (non-hydrogen) atoms. The first-order chi connectivity index (χ1) is 11.7. The van der Waals surface area contributed by atoms with Gasteiger partial charge in [0, 0.05) is 5.69 Å². The number of rotatable bonds is 4. The standard InChI is InChI=1S/C18H21N5O.ClH/c1-13-15(11-20-23(13)12-14-7-3-2-4-8-14)16-21-17(22-24-16)18(19)9-5-6-10-18;/h2-4,7-8,11H,5-6,9-10,12,19H2,1H3;1H. The van der Waals surface area contributed by atoms with Gasteiger partial charge in [-0.05, 0) is 25.3 Å². The minimum Gasteiger partial charge on any atom is -0.334 e. The molecule has 0 bridgehead atoms. The molecule has 0 spiro atoms. The van der Waals surface area contributed by atoms with Crippen molar-refractivity contribution in [3.8, 4) is 11.5 Å². The molecule has 2 heterocycles. The van der Waals surface area contributed by atoms with E-state index >= 15 is 0 Å². The van der Waals surface area contributed by atoms with Crippen LogP contribution in [0.3, 0.4) is 0 Å². The number of halogens is 1. The van der Waals surface area contributed by atoms with E-state index in [-0.39, 0.29) is 12.4 Å². The van der Waals surface area contributed by atoms with Crippen molar-refractivity contribution in [2.45, 2.75) is 44.7 Å². The molecule has 7 heteroatoms. The zero-order valence-electron chi connectivity index (χ0n) is 14.2. The number of benzene rings is 1. The smallest absolute Gasteiger partial charge is 0.261 e. The number of hydrogen-bond acceptors (Lipinski definition) is 5. The van der Waals surface area contributed by atoms with Crippen molar-refractivity contribution in [1.82, 2.24) is 19.9 Å². The molecular formula is C18H22ClN5O. The number of hydrogen-bond donors (Lipinski definition) is 1. The minimum absolute atomic E-state index is 0. The van der Waals surface area contributed by atoms with Crippen LogP contribution in [0.1, 0.15) is 42.8 Å². The van der Waals surface area contributed by atoms with Gasteiger partial charge < -0.3 is 10.3 Å². The van der Waals surface area contributed by atoms with E-state index in [1.807, 2.05) is 29.8 Å². The quantitative estimate of drug-likeness (QED) is 0.771. The van der Waals surface area contributed by atoms with Crippen LogP contribution in [0.4, 0.5) is 0 Å². The summed E-state index contributed by atoms with van der Waals surface area (Å²) < 4.78 is 7.42. The SMILES string of the molecule is Cc1c(-c2nc(C3(N)CCCC3)no2)cnn1Cc1ccccc1.Cl. The maximum Gasteiger partial charge on any atom is 0.261 e. The average molecular weight is 360 g/mol. The van der Waals surface area contributed by atoms with E-state index in [0.717, 1.165) is 36.9 Å². The summed E-state index contributed by atoms with van der Waals surface area (Å²) in [5.74, 6) is 1.11. The van der Waals surface area contributed by atoms with E-state index in [2.05, 4.69) is 27.4 Å². The van der Waals surface area contributed by atoms with Gasteiger partial charge in [-0.2, -0.15) is 10.1 Å². The number of aromatic nitrogens is 4. The lowest BCUT2D eigenvalue weighted by Crippen LogP contribution is -2.34. The fourth-order valence-electron chi connectivity index (χ4n) is 3.34. The molecule has 2 N–H and O–H groups in total. The van der Waals surface area contributed by atoms with Gasteiger partial charge in [-0.25, -0.2) is 0 Å².